The quantitative estimate of drug-likeness (QED) is 0.433. The summed E-state index contributed by atoms with van der Waals surface area (Å²) in [5.74, 6) is 0. The molecule has 27 heavy (non-hydrogen) atoms. The Kier molecular flexibility index (Phi) is 4.06. The third-order valence-electron chi connectivity index (χ3n) is 5.34. The zero-order valence-corrected chi connectivity index (χ0v) is 17.1. The number of hydrogen-bond donors (Lipinski definition) is 0. The van der Waals surface area contributed by atoms with Crippen LogP contribution in [0.1, 0.15) is 44.5 Å². The Morgan fingerprint density at radius 1 is 1.00 bits per heavy atom. The SMILES string of the molecule is CCc1ccc(-c2c(C)ccc3c2oc2nc(C(C)(C)C)ccc23)[n+](C)c1. The standard InChI is InChI=1S/C24H27N2O/c1-7-16-9-12-19(26(6)14-16)21-15(2)8-10-17-18-11-13-20(24(3,4)5)25-23(18)27-22(17)21/h8-14H,7H2,1-6H3/q+1. The van der Waals surface area contributed by atoms with Gasteiger partial charge in [-0.3, -0.25) is 0 Å². The Labute approximate surface area is 160 Å². The molecule has 0 N–H and O–H groups in total. The van der Waals surface area contributed by atoms with E-state index >= 15 is 0 Å². The van der Waals surface area contributed by atoms with Gasteiger partial charge >= 0.3 is 0 Å². The van der Waals surface area contributed by atoms with Crippen molar-refractivity contribution in [1.29, 1.82) is 0 Å². The fraction of sp³-hybridized carbons (Fsp3) is 0.333. The maximum Gasteiger partial charge on any atom is 0.227 e. The van der Waals surface area contributed by atoms with E-state index in [0.717, 1.165) is 45.4 Å². The van der Waals surface area contributed by atoms with E-state index in [4.69, 9.17) is 9.40 Å². The van der Waals surface area contributed by atoms with Crippen molar-refractivity contribution >= 4 is 22.1 Å². The smallest absolute Gasteiger partial charge is 0.227 e. The Morgan fingerprint density at radius 2 is 1.74 bits per heavy atom. The average Bonchev–Trinajstić information content (AvgIpc) is 2.99. The molecule has 0 spiro atoms. The average molecular weight is 359 g/mol. The first-order chi connectivity index (χ1) is 12.8. The minimum absolute atomic E-state index is 0.00562. The maximum atomic E-state index is 6.34. The summed E-state index contributed by atoms with van der Waals surface area (Å²) < 4.78 is 8.54. The summed E-state index contributed by atoms with van der Waals surface area (Å²) in [7, 11) is 2.10. The van der Waals surface area contributed by atoms with E-state index in [0.29, 0.717) is 0 Å². The van der Waals surface area contributed by atoms with Gasteiger partial charge in [-0.25, -0.2) is 9.55 Å². The van der Waals surface area contributed by atoms with Gasteiger partial charge in [-0.05, 0) is 37.1 Å². The molecule has 1 aromatic carbocycles. The molecule has 0 unspecified atom stereocenters. The molecule has 3 aromatic heterocycles. The summed E-state index contributed by atoms with van der Waals surface area (Å²) in [5, 5.41) is 2.20. The fourth-order valence-corrected chi connectivity index (χ4v) is 3.69. The van der Waals surface area contributed by atoms with Crippen LogP contribution in [-0.2, 0) is 18.9 Å². The lowest BCUT2D eigenvalue weighted by molar-refractivity contribution is -0.660. The minimum atomic E-state index is -0.00562. The highest BCUT2D eigenvalue weighted by Gasteiger charge is 2.22. The van der Waals surface area contributed by atoms with Crippen molar-refractivity contribution in [3.8, 4) is 11.3 Å². The van der Waals surface area contributed by atoms with Crippen LogP contribution in [0.5, 0.6) is 0 Å². The molecule has 0 saturated carbocycles. The number of hydrogen-bond acceptors (Lipinski definition) is 2. The van der Waals surface area contributed by atoms with E-state index in [2.05, 4.69) is 88.8 Å². The summed E-state index contributed by atoms with van der Waals surface area (Å²) in [4.78, 5) is 4.82. The molecule has 138 valence electrons. The van der Waals surface area contributed by atoms with E-state index in [1.165, 1.54) is 11.1 Å². The van der Waals surface area contributed by atoms with Gasteiger partial charge in [0.15, 0.2) is 11.8 Å². The number of benzene rings is 1. The number of pyridine rings is 2. The van der Waals surface area contributed by atoms with E-state index in [1.807, 2.05) is 0 Å². The van der Waals surface area contributed by atoms with Crippen LogP contribution in [0.25, 0.3) is 33.3 Å². The van der Waals surface area contributed by atoms with Crippen LogP contribution in [0.2, 0.25) is 0 Å². The molecule has 0 aliphatic carbocycles. The number of fused-ring (bicyclic) bond motifs is 3. The highest BCUT2D eigenvalue weighted by molar-refractivity contribution is 6.08. The van der Waals surface area contributed by atoms with Gasteiger partial charge in [0.05, 0.1) is 5.56 Å². The summed E-state index contributed by atoms with van der Waals surface area (Å²) in [5.41, 5.74) is 7.52. The van der Waals surface area contributed by atoms with E-state index in [9.17, 15) is 0 Å². The van der Waals surface area contributed by atoms with Crippen LogP contribution in [0.4, 0.5) is 0 Å². The fourth-order valence-electron chi connectivity index (χ4n) is 3.69. The predicted octanol–water partition coefficient (Wildman–Crippen LogP) is 5.64. The number of aryl methyl sites for hydroxylation is 3. The topological polar surface area (TPSA) is 29.9 Å². The van der Waals surface area contributed by atoms with Crippen molar-refractivity contribution in [2.75, 3.05) is 0 Å². The van der Waals surface area contributed by atoms with E-state index in [1.54, 1.807) is 0 Å². The molecular formula is C24H27N2O+. The molecule has 0 fully saturated rings. The molecule has 0 bridgehead atoms. The zero-order chi connectivity index (χ0) is 19.3. The Hall–Kier alpha value is -2.68. The van der Waals surface area contributed by atoms with Gasteiger partial charge in [0, 0.05) is 33.5 Å². The third-order valence-corrected chi connectivity index (χ3v) is 5.34. The minimum Gasteiger partial charge on any atom is -0.437 e. The van der Waals surface area contributed by atoms with Crippen molar-refractivity contribution in [2.45, 2.75) is 46.5 Å². The molecule has 0 saturated heterocycles. The van der Waals surface area contributed by atoms with Gasteiger partial charge < -0.3 is 4.42 Å². The second kappa shape index (κ2) is 6.19. The second-order valence-corrected chi connectivity index (χ2v) is 8.42. The van der Waals surface area contributed by atoms with Crippen LogP contribution in [0.15, 0.2) is 47.0 Å². The van der Waals surface area contributed by atoms with Crippen molar-refractivity contribution in [3.63, 3.8) is 0 Å². The zero-order valence-electron chi connectivity index (χ0n) is 17.1. The van der Waals surface area contributed by atoms with E-state index < -0.39 is 0 Å². The van der Waals surface area contributed by atoms with Crippen molar-refractivity contribution < 1.29 is 8.98 Å². The lowest BCUT2D eigenvalue weighted by Gasteiger charge is -2.16. The molecule has 0 aliphatic heterocycles. The van der Waals surface area contributed by atoms with Crippen LogP contribution in [0, 0.1) is 6.92 Å². The van der Waals surface area contributed by atoms with Crippen LogP contribution < -0.4 is 4.57 Å². The first-order valence-electron chi connectivity index (χ1n) is 9.62. The van der Waals surface area contributed by atoms with Gasteiger partial charge in [-0.2, -0.15) is 0 Å². The van der Waals surface area contributed by atoms with Crippen LogP contribution in [0.3, 0.4) is 0 Å². The van der Waals surface area contributed by atoms with Crippen molar-refractivity contribution in [3.05, 3.63) is 59.4 Å². The highest BCUT2D eigenvalue weighted by Crippen LogP contribution is 2.37. The van der Waals surface area contributed by atoms with Crippen molar-refractivity contribution in [2.24, 2.45) is 7.05 Å². The molecular weight excluding hydrogens is 332 g/mol. The Morgan fingerprint density at radius 3 is 2.41 bits per heavy atom. The van der Waals surface area contributed by atoms with Gasteiger partial charge in [0.25, 0.3) is 0 Å². The molecule has 4 rings (SSSR count). The van der Waals surface area contributed by atoms with Gasteiger partial charge in [0.2, 0.25) is 11.4 Å². The number of rotatable bonds is 2. The second-order valence-electron chi connectivity index (χ2n) is 8.42. The molecule has 3 nitrogen and oxygen atoms in total. The maximum absolute atomic E-state index is 6.34. The van der Waals surface area contributed by atoms with E-state index in [-0.39, 0.29) is 5.41 Å². The highest BCUT2D eigenvalue weighted by atomic mass is 16.3. The molecule has 3 heterocycles. The molecule has 0 amide bonds. The summed E-state index contributed by atoms with van der Waals surface area (Å²) in [6.07, 6.45) is 3.23. The van der Waals surface area contributed by atoms with Gasteiger partial charge in [-0.1, -0.05) is 39.8 Å². The van der Waals surface area contributed by atoms with Crippen molar-refractivity contribution in [1.82, 2.24) is 4.98 Å². The predicted molar refractivity (Wildman–Crippen MR) is 111 cm³/mol. The van der Waals surface area contributed by atoms with Gasteiger partial charge in [-0.15, -0.1) is 0 Å². The van der Waals surface area contributed by atoms with Crippen LogP contribution >= 0.6 is 0 Å². The lowest BCUT2D eigenvalue weighted by Crippen LogP contribution is -2.31. The number of nitrogens with zero attached hydrogens (tertiary/aromatic N) is 2. The molecule has 3 heteroatoms. The number of furan rings is 1. The third kappa shape index (κ3) is 2.91. The van der Waals surface area contributed by atoms with Gasteiger partial charge in [0.1, 0.15) is 7.05 Å². The summed E-state index contributed by atoms with van der Waals surface area (Å²) in [6.45, 7) is 10.8. The Balaban J connectivity index is 2.02. The number of aromatic nitrogens is 2. The first kappa shape index (κ1) is 17.7. The molecule has 0 atom stereocenters. The summed E-state index contributed by atoms with van der Waals surface area (Å²) >= 11 is 0. The first-order valence-corrected chi connectivity index (χ1v) is 9.62. The monoisotopic (exact) mass is 359 g/mol. The normalized spacial score (nSPS) is 12.2. The molecule has 0 radical (unpaired) electrons. The lowest BCUT2D eigenvalue weighted by atomic mass is 9.91. The largest absolute Gasteiger partial charge is 0.437 e. The molecule has 4 aromatic rings. The molecule has 0 aliphatic rings. The Bertz CT molecular complexity index is 1160. The summed E-state index contributed by atoms with van der Waals surface area (Å²) in [6, 6.07) is 13.0. The van der Waals surface area contributed by atoms with Crippen LogP contribution in [-0.4, -0.2) is 4.98 Å².